The number of aliphatic hydroxyl groups excluding tert-OH is 1. The van der Waals surface area contributed by atoms with Gasteiger partial charge in [-0.3, -0.25) is 10.1 Å². The topological polar surface area (TPSA) is 127 Å². The quantitative estimate of drug-likeness (QED) is 0.493. The van der Waals surface area contributed by atoms with Gasteiger partial charge in [0.15, 0.2) is 0 Å². The molecule has 1 aromatic rings. The van der Waals surface area contributed by atoms with Crippen molar-refractivity contribution in [3.8, 4) is 0 Å². The van der Waals surface area contributed by atoms with Crippen LogP contribution in [0.25, 0.3) is 0 Å². The lowest BCUT2D eigenvalue weighted by Gasteiger charge is -2.23. The number of hydrogen-bond donors (Lipinski definition) is 3. The molecule has 0 aliphatic rings. The molecular formula is C8H13N5O3. The van der Waals surface area contributed by atoms with E-state index in [1.165, 1.54) is 0 Å². The van der Waals surface area contributed by atoms with Crippen LogP contribution < -0.4 is 11.1 Å². The zero-order valence-electron chi connectivity index (χ0n) is 8.97. The van der Waals surface area contributed by atoms with Crippen molar-refractivity contribution in [3.63, 3.8) is 0 Å². The summed E-state index contributed by atoms with van der Waals surface area (Å²) in [6, 6.07) is 0. The van der Waals surface area contributed by atoms with Gasteiger partial charge in [0.2, 0.25) is 11.8 Å². The molecule has 4 N–H and O–H groups in total. The third-order valence-corrected chi connectivity index (χ3v) is 1.84. The molecule has 0 aliphatic heterocycles. The lowest BCUT2D eigenvalue weighted by Crippen LogP contribution is -2.35. The van der Waals surface area contributed by atoms with Gasteiger partial charge in [0.1, 0.15) is 6.20 Å². The molecule has 0 amide bonds. The zero-order chi connectivity index (χ0) is 12.3. The number of nitro groups is 1. The summed E-state index contributed by atoms with van der Waals surface area (Å²) >= 11 is 0. The summed E-state index contributed by atoms with van der Waals surface area (Å²) in [5, 5.41) is 22.5. The lowest BCUT2D eigenvalue weighted by atomic mass is 10.1. The fraction of sp³-hybridized carbons (Fsp3) is 0.500. The van der Waals surface area contributed by atoms with Crippen LogP contribution in [0.4, 0.5) is 17.5 Å². The van der Waals surface area contributed by atoms with Gasteiger partial charge in [-0.1, -0.05) is 0 Å². The first-order chi connectivity index (χ1) is 7.35. The Morgan fingerprint density at radius 1 is 1.69 bits per heavy atom. The zero-order valence-corrected chi connectivity index (χ0v) is 8.97. The van der Waals surface area contributed by atoms with Gasteiger partial charge < -0.3 is 16.2 Å². The van der Waals surface area contributed by atoms with E-state index in [-0.39, 0.29) is 24.1 Å². The van der Waals surface area contributed by atoms with E-state index in [9.17, 15) is 10.1 Å². The van der Waals surface area contributed by atoms with E-state index >= 15 is 0 Å². The highest BCUT2D eigenvalue weighted by atomic mass is 16.6. The van der Waals surface area contributed by atoms with Gasteiger partial charge in [-0.05, 0) is 13.8 Å². The van der Waals surface area contributed by atoms with Crippen molar-refractivity contribution in [2.24, 2.45) is 0 Å². The number of nitrogen functional groups attached to an aromatic ring is 1. The molecule has 16 heavy (non-hydrogen) atoms. The highest BCUT2D eigenvalue weighted by Crippen LogP contribution is 2.24. The summed E-state index contributed by atoms with van der Waals surface area (Å²) in [6.07, 6.45) is 1.03. The SMILES string of the molecule is CC(C)(CO)Nc1nc(N)ncc1[N+](=O)[O-]. The van der Waals surface area contributed by atoms with Crippen molar-refractivity contribution in [3.05, 3.63) is 16.3 Å². The Morgan fingerprint density at radius 2 is 2.31 bits per heavy atom. The summed E-state index contributed by atoms with van der Waals surface area (Å²) in [6.45, 7) is 3.15. The Hall–Kier alpha value is -1.96. The van der Waals surface area contributed by atoms with Crippen LogP contribution in [0.5, 0.6) is 0 Å². The standard InChI is InChI=1S/C8H13N5O3/c1-8(2,4-14)12-6-5(13(15)16)3-10-7(9)11-6/h3,14H,4H2,1-2H3,(H3,9,10,11,12). The third kappa shape index (κ3) is 2.76. The molecule has 0 aliphatic carbocycles. The van der Waals surface area contributed by atoms with Crippen molar-refractivity contribution >= 4 is 17.5 Å². The van der Waals surface area contributed by atoms with Crippen LogP contribution in [-0.2, 0) is 0 Å². The number of aromatic nitrogens is 2. The summed E-state index contributed by atoms with van der Waals surface area (Å²) in [7, 11) is 0. The third-order valence-electron chi connectivity index (χ3n) is 1.84. The first-order valence-electron chi connectivity index (χ1n) is 4.51. The summed E-state index contributed by atoms with van der Waals surface area (Å²) in [4.78, 5) is 17.3. The van der Waals surface area contributed by atoms with Gasteiger partial charge in [-0.2, -0.15) is 4.98 Å². The van der Waals surface area contributed by atoms with Crippen LogP contribution in [0, 0.1) is 10.1 Å². The number of nitrogens with zero attached hydrogens (tertiary/aromatic N) is 3. The van der Waals surface area contributed by atoms with Gasteiger partial charge >= 0.3 is 5.69 Å². The molecule has 1 aromatic heterocycles. The van der Waals surface area contributed by atoms with Gasteiger partial charge in [0.25, 0.3) is 0 Å². The number of aliphatic hydroxyl groups is 1. The van der Waals surface area contributed by atoms with Crippen LogP contribution in [0.15, 0.2) is 6.20 Å². The van der Waals surface area contributed by atoms with Crippen molar-refractivity contribution in [2.75, 3.05) is 17.7 Å². The fourth-order valence-electron chi connectivity index (χ4n) is 0.975. The van der Waals surface area contributed by atoms with Crippen LogP contribution >= 0.6 is 0 Å². The normalized spacial score (nSPS) is 11.2. The second-order valence-electron chi connectivity index (χ2n) is 3.89. The smallest absolute Gasteiger partial charge is 0.329 e. The minimum atomic E-state index is -0.731. The minimum absolute atomic E-state index is 0.00319. The van der Waals surface area contributed by atoms with E-state index in [0.29, 0.717) is 0 Å². The first-order valence-corrected chi connectivity index (χ1v) is 4.51. The second kappa shape index (κ2) is 4.27. The first kappa shape index (κ1) is 12.1. The van der Waals surface area contributed by atoms with E-state index in [4.69, 9.17) is 10.8 Å². The second-order valence-corrected chi connectivity index (χ2v) is 3.89. The molecule has 0 fully saturated rings. The average molecular weight is 227 g/mol. The number of anilines is 2. The lowest BCUT2D eigenvalue weighted by molar-refractivity contribution is -0.384. The van der Waals surface area contributed by atoms with Gasteiger partial charge in [0.05, 0.1) is 17.1 Å². The van der Waals surface area contributed by atoms with Crippen molar-refractivity contribution in [2.45, 2.75) is 19.4 Å². The monoisotopic (exact) mass is 227 g/mol. The number of hydrogen-bond acceptors (Lipinski definition) is 7. The Kier molecular flexibility index (Phi) is 3.23. The molecule has 0 unspecified atom stereocenters. The molecule has 0 spiro atoms. The van der Waals surface area contributed by atoms with Crippen molar-refractivity contribution in [1.82, 2.24) is 9.97 Å². The molecule has 0 aromatic carbocycles. The predicted octanol–water partition coefficient (Wildman–Crippen LogP) is 0.150. The average Bonchev–Trinajstić information content (AvgIpc) is 2.16. The van der Waals surface area contributed by atoms with E-state index in [2.05, 4.69) is 15.3 Å². The van der Waals surface area contributed by atoms with Crippen LogP contribution in [0.2, 0.25) is 0 Å². The van der Waals surface area contributed by atoms with Crippen molar-refractivity contribution < 1.29 is 10.0 Å². The van der Waals surface area contributed by atoms with Gasteiger partial charge in [-0.15, -0.1) is 0 Å². The molecule has 88 valence electrons. The Morgan fingerprint density at radius 3 is 2.81 bits per heavy atom. The molecule has 0 bridgehead atoms. The van der Waals surface area contributed by atoms with E-state index in [0.717, 1.165) is 6.20 Å². The predicted molar refractivity (Wildman–Crippen MR) is 57.9 cm³/mol. The molecule has 8 nitrogen and oxygen atoms in total. The molecule has 1 heterocycles. The van der Waals surface area contributed by atoms with Crippen LogP contribution in [-0.4, -0.2) is 32.1 Å². The number of nitrogens with two attached hydrogens (primary N) is 1. The molecule has 0 saturated heterocycles. The maximum Gasteiger partial charge on any atom is 0.329 e. The summed E-state index contributed by atoms with van der Waals surface area (Å²) in [5.41, 5.74) is 4.33. The highest BCUT2D eigenvalue weighted by molar-refractivity contribution is 5.57. The molecule has 0 radical (unpaired) electrons. The Labute approximate surface area is 91.7 Å². The molecule has 0 atom stereocenters. The van der Waals surface area contributed by atoms with Gasteiger partial charge in [-0.25, -0.2) is 4.98 Å². The van der Waals surface area contributed by atoms with E-state index in [1.54, 1.807) is 13.8 Å². The van der Waals surface area contributed by atoms with Crippen LogP contribution in [0.1, 0.15) is 13.8 Å². The highest BCUT2D eigenvalue weighted by Gasteiger charge is 2.23. The molecular weight excluding hydrogens is 214 g/mol. The minimum Gasteiger partial charge on any atom is -0.394 e. The van der Waals surface area contributed by atoms with Gasteiger partial charge in [0, 0.05) is 0 Å². The molecule has 8 heteroatoms. The van der Waals surface area contributed by atoms with Crippen molar-refractivity contribution in [1.29, 1.82) is 0 Å². The maximum atomic E-state index is 10.7. The maximum absolute atomic E-state index is 10.7. The Bertz CT molecular complexity index is 407. The largest absolute Gasteiger partial charge is 0.394 e. The fourth-order valence-corrected chi connectivity index (χ4v) is 0.975. The van der Waals surface area contributed by atoms with E-state index in [1.807, 2.05) is 0 Å². The number of rotatable bonds is 4. The molecule has 1 rings (SSSR count). The van der Waals surface area contributed by atoms with E-state index < -0.39 is 10.5 Å². The van der Waals surface area contributed by atoms with Crippen LogP contribution in [0.3, 0.4) is 0 Å². The summed E-state index contributed by atoms with van der Waals surface area (Å²) < 4.78 is 0. The number of nitrogens with one attached hydrogen (secondary N) is 1. The summed E-state index contributed by atoms with van der Waals surface area (Å²) in [5.74, 6) is -0.0709. The molecule has 0 saturated carbocycles. The Balaban J connectivity index is 3.10.